The van der Waals surface area contributed by atoms with Crippen LogP contribution in [0.15, 0.2) is 36.4 Å². The molecule has 2 amide bonds. The minimum atomic E-state index is -0.540. The number of hydrogen-bond donors (Lipinski definition) is 2. The summed E-state index contributed by atoms with van der Waals surface area (Å²) in [5.74, 6) is -0.944. The number of carbonyl (C=O) groups is 2. The number of aromatic nitrogens is 4. The predicted molar refractivity (Wildman–Crippen MR) is 101 cm³/mol. The first kappa shape index (κ1) is 18.7. The molecule has 1 aromatic carbocycles. The molecule has 0 spiro atoms. The molecule has 0 aliphatic heterocycles. The SMILES string of the molecule is Cc1cc(C)n(CC(=O)NNC(=O)c2c(C)nn(-c3ccccc3)c2Cl)n1. The number of benzene rings is 1. The standard InChI is InChI=1S/C18H19ClN6O2/c1-11-9-12(2)24(22-11)10-15(26)20-21-18(27)16-13(3)23-25(17(16)19)14-7-5-4-6-8-14/h4-9H,10H2,1-3H3,(H,20,26)(H,21,27). The average Bonchev–Trinajstić information content (AvgIpc) is 3.11. The number of carbonyl (C=O) groups excluding carboxylic acids is 2. The minimum absolute atomic E-state index is 0.00402. The van der Waals surface area contributed by atoms with Crippen LogP contribution >= 0.6 is 11.6 Å². The quantitative estimate of drug-likeness (QED) is 0.671. The van der Waals surface area contributed by atoms with Crippen molar-refractivity contribution in [3.8, 4) is 5.69 Å². The molecule has 0 aliphatic rings. The van der Waals surface area contributed by atoms with E-state index in [2.05, 4.69) is 21.0 Å². The summed E-state index contributed by atoms with van der Waals surface area (Å²) in [7, 11) is 0. The molecule has 0 saturated heterocycles. The topological polar surface area (TPSA) is 93.8 Å². The van der Waals surface area contributed by atoms with Gasteiger partial charge >= 0.3 is 0 Å². The molecule has 2 N–H and O–H groups in total. The van der Waals surface area contributed by atoms with E-state index in [1.807, 2.05) is 50.2 Å². The third-order valence-electron chi connectivity index (χ3n) is 3.94. The number of para-hydroxylation sites is 1. The number of nitrogens with one attached hydrogen (secondary N) is 2. The Bertz CT molecular complexity index is 993. The van der Waals surface area contributed by atoms with Gasteiger partial charge in [-0.25, -0.2) is 4.68 Å². The zero-order valence-corrected chi connectivity index (χ0v) is 15.9. The highest BCUT2D eigenvalue weighted by atomic mass is 35.5. The summed E-state index contributed by atoms with van der Waals surface area (Å²) in [5.41, 5.74) is 7.81. The van der Waals surface area contributed by atoms with Crippen molar-refractivity contribution >= 4 is 23.4 Å². The van der Waals surface area contributed by atoms with Crippen LogP contribution in [0.2, 0.25) is 5.15 Å². The highest BCUT2D eigenvalue weighted by molar-refractivity contribution is 6.33. The molecule has 2 aromatic heterocycles. The summed E-state index contributed by atoms with van der Waals surface area (Å²) >= 11 is 6.34. The Morgan fingerprint density at radius 2 is 1.78 bits per heavy atom. The highest BCUT2D eigenvalue weighted by Gasteiger charge is 2.21. The van der Waals surface area contributed by atoms with Gasteiger partial charge < -0.3 is 0 Å². The lowest BCUT2D eigenvalue weighted by atomic mass is 10.2. The van der Waals surface area contributed by atoms with Crippen LogP contribution in [0.3, 0.4) is 0 Å². The summed E-state index contributed by atoms with van der Waals surface area (Å²) in [4.78, 5) is 24.5. The van der Waals surface area contributed by atoms with Gasteiger partial charge in [0.25, 0.3) is 11.8 Å². The van der Waals surface area contributed by atoms with E-state index < -0.39 is 11.8 Å². The van der Waals surface area contributed by atoms with Crippen molar-refractivity contribution < 1.29 is 9.59 Å². The zero-order valence-electron chi connectivity index (χ0n) is 15.2. The van der Waals surface area contributed by atoms with Gasteiger partial charge in [-0.3, -0.25) is 25.1 Å². The number of halogens is 1. The lowest BCUT2D eigenvalue weighted by Gasteiger charge is -2.08. The van der Waals surface area contributed by atoms with Crippen LogP contribution in [0.25, 0.3) is 5.69 Å². The Labute approximate surface area is 161 Å². The smallest absolute Gasteiger partial charge is 0.271 e. The highest BCUT2D eigenvalue weighted by Crippen LogP contribution is 2.23. The molecule has 0 unspecified atom stereocenters. The molecule has 2 heterocycles. The maximum Gasteiger partial charge on any atom is 0.274 e. The van der Waals surface area contributed by atoms with Crippen molar-refractivity contribution in [2.75, 3.05) is 0 Å². The fraction of sp³-hybridized carbons (Fsp3) is 0.222. The number of hydrazine groups is 1. The molecular formula is C18H19ClN6O2. The predicted octanol–water partition coefficient (Wildman–Crippen LogP) is 2.11. The van der Waals surface area contributed by atoms with Crippen LogP contribution in [0.4, 0.5) is 0 Å². The number of nitrogens with zero attached hydrogens (tertiary/aromatic N) is 4. The minimum Gasteiger partial charge on any atom is -0.271 e. The maximum absolute atomic E-state index is 12.5. The van der Waals surface area contributed by atoms with Gasteiger partial charge in [0.1, 0.15) is 17.3 Å². The Morgan fingerprint density at radius 1 is 1.07 bits per heavy atom. The van der Waals surface area contributed by atoms with Gasteiger partial charge in [-0.1, -0.05) is 29.8 Å². The molecule has 0 radical (unpaired) electrons. The van der Waals surface area contributed by atoms with E-state index >= 15 is 0 Å². The number of aryl methyl sites for hydroxylation is 3. The Morgan fingerprint density at radius 3 is 2.41 bits per heavy atom. The zero-order chi connectivity index (χ0) is 19.6. The van der Waals surface area contributed by atoms with Gasteiger partial charge in [0.05, 0.1) is 17.1 Å². The maximum atomic E-state index is 12.5. The van der Waals surface area contributed by atoms with E-state index in [0.717, 1.165) is 17.1 Å². The molecule has 3 aromatic rings. The van der Waals surface area contributed by atoms with Crippen molar-refractivity contribution in [2.45, 2.75) is 27.3 Å². The fourth-order valence-electron chi connectivity index (χ4n) is 2.70. The Balaban J connectivity index is 1.69. The van der Waals surface area contributed by atoms with Crippen LogP contribution in [0.5, 0.6) is 0 Å². The van der Waals surface area contributed by atoms with Crippen molar-refractivity contribution in [1.29, 1.82) is 0 Å². The van der Waals surface area contributed by atoms with Gasteiger partial charge in [-0.2, -0.15) is 10.2 Å². The van der Waals surface area contributed by atoms with Crippen molar-refractivity contribution in [2.24, 2.45) is 0 Å². The van der Waals surface area contributed by atoms with Crippen molar-refractivity contribution in [3.05, 3.63) is 64.2 Å². The number of hydrogen-bond acceptors (Lipinski definition) is 4. The summed E-state index contributed by atoms with van der Waals surface area (Å²) in [5, 5.41) is 8.69. The van der Waals surface area contributed by atoms with Gasteiger partial charge in [-0.05, 0) is 39.0 Å². The third-order valence-corrected chi connectivity index (χ3v) is 4.29. The van der Waals surface area contributed by atoms with Crippen LogP contribution in [0.1, 0.15) is 27.4 Å². The third kappa shape index (κ3) is 4.01. The summed E-state index contributed by atoms with van der Waals surface area (Å²) < 4.78 is 3.03. The largest absolute Gasteiger partial charge is 0.274 e. The van der Waals surface area contributed by atoms with Crippen molar-refractivity contribution in [3.63, 3.8) is 0 Å². The van der Waals surface area contributed by atoms with E-state index in [4.69, 9.17) is 11.6 Å². The van der Waals surface area contributed by atoms with E-state index in [-0.39, 0.29) is 17.3 Å². The van der Waals surface area contributed by atoms with Crippen LogP contribution in [-0.4, -0.2) is 31.4 Å². The molecular weight excluding hydrogens is 368 g/mol. The molecule has 3 rings (SSSR count). The van der Waals surface area contributed by atoms with Gasteiger partial charge in [0.15, 0.2) is 0 Å². The van der Waals surface area contributed by atoms with Crippen LogP contribution in [-0.2, 0) is 11.3 Å². The van der Waals surface area contributed by atoms with E-state index in [9.17, 15) is 9.59 Å². The Hall–Kier alpha value is -3.13. The molecule has 0 fully saturated rings. The molecule has 8 nitrogen and oxygen atoms in total. The van der Waals surface area contributed by atoms with Crippen LogP contribution in [0, 0.1) is 20.8 Å². The molecule has 9 heteroatoms. The van der Waals surface area contributed by atoms with Gasteiger partial charge in [-0.15, -0.1) is 0 Å². The second kappa shape index (κ2) is 7.63. The lowest BCUT2D eigenvalue weighted by Crippen LogP contribution is -2.43. The normalized spacial score (nSPS) is 10.7. The molecule has 0 aliphatic carbocycles. The molecule has 140 valence electrons. The monoisotopic (exact) mass is 386 g/mol. The van der Waals surface area contributed by atoms with Crippen LogP contribution < -0.4 is 10.9 Å². The second-order valence-electron chi connectivity index (χ2n) is 6.09. The summed E-state index contributed by atoms with van der Waals surface area (Å²) in [6, 6.07) is 11.1. The van der Waals surface area contributed by atoms with E-state index in [0.29, 0.717) is 5.69 Å². The molecule has 0 saturated carbocycles. The first-order valence-corrected chi connectivity index (χ1v) is 8.65. The molecule has 27 heavy (non-hydrogen) atoms. The second-order valence-corrected chi connectivity index (χ2v) is 6.44. The number of rotatable bonds is 4. The summed E-state index contributed by atoms with van der Waals surface area (Å²) in [6.07, 6.45) is 0. The van der Waals surface area contributed by atoms with E-state index in [1.165, 1.54) is 4.68 Å². The van der Waals surface area contributed by atoms with Gasteiger partial charge in [0.2, 0.25) is 0 Å². The molecule has 0 atom stereocenters. The van der Waals surface area contributed by atoms with Gasteiger partial charge in [0, 0.05) is 5.69 Å². The average molecular weight is 387 g/mol. The number of amides is 2. The van der Waals surface area contributed by atoms with E-state index in [1.54, 1.807) is 11.6 Å². The molecule has 0 bridgehead atoms. The van der Waals surface area contributed by atoms with Crippen molar-refractivity contribution in [1.82, 2.24) is 30.4 Å². The first-order valence-electron chi connectivity index (χ1n) is 8.27. The lowest BCUT2D eigenvalue weighted by molar-refractivity contribution is -0.122. The summed E-state index contributed by atoms with van der Waals surface area (Å²) in [6.45, 7) is 5.37. The fourth-order valence-corrected chi connectivity index (χ4v) is 3.05. The first-order chi connectivity index (χ1) is 12.9. The Kier molecular flexibility index (Phi) is 5.27.